The first-order chi connectivity index (χ1) is 11.5. The summed E-state index contributed by atoms with van der Waals surface area (Å²) in [5.74, 6) is 0.826. The van der Waals surface area contributed by atoms with E-state index >= 15 is 0 Å². The molecule has 6 heteroatoms. The maximum atomic E-state index is 12.7. The highest BCUT2D eigenvalue weighted by Crippen LogP contribution is 2.35. The van der Waals surface area contributed by atoms with E-state index in [0.717, 1.165) is 23.7 Å². The van der Waals surface area contributed by atoms with Crippen LogP contribution in [0.1, 0.15) is 39.0 Å². The summed E-state index contributed by atoms with van der Waals surface area (Å²) < 4.78 is 30.7. The van der Waals surface area contributed by atoms with Gasteiger partial charge in [0.05, 0.1) is 24.1 Å². The van der Waals surface area contributed by atoms with Crippen LogP contribution in [0, 0.1) is 0 Å². The van der Waals surface area contributed by atoms with Gasteiger partial charge < -0.3 is 10.1 Å². The molecule has 0 radical (unpaired) electrons. The van der Waals surface area contributed by atoms with Gasteiger partial charge in [-0.1, -0.05) is 19.8 Å². The van der Waals surface area contributed by atoms with Crippen molar-refractivity contribution in [2.75, 3.05) is 18.2 Å². The van der Waals surface area contributed by atoms with Crippen molar-refractivity contribution in [2.45, 2.75) is 50.0 Å². The van der Waals surface area contributed by atoms with E-state index < -0.39 is 9.84 Å². The van der Waals surface area contributed by atoms with Gasteiger partial charge in [-0.15, -0.1) is 0 Å². The van der Waals surface area contributed by atoms with Crippen molar-refractivity contribution in [1.29, 1.82) is 0 Å². The Bertz CT molecular complexity index is 828. The number of benzene rings is 1. The number of anilines is 1. The number of methoxy groups -OCH3 is 1. The monoisotopic (exact) mass is 348 g/mol. The highest BCUT2D eigenvalue weighted by atomic mass is 32.2. The van der Waals surface area contributed by atoms with Gasteiger partial charge in [-0.05, 0) is 37.5 Å². The fraction of sp³-hybridized carbons (Fsp3) is 0.500. The molecule has 1 heterocycles. The van der Waals surface area contributed by atoms with Gasteiger partial charge in [-0.3, -0.25) is 4.98 Å². The number of nitrogens with one attached hydrogen (secondary N) is 1. The Morgan fingerprint density at radius 2 is 2.04 bits per heavy atom. The molecule has 1 aromatic heterocycles. The van der Waals surface area contributed by atoms with E-state index in [2.05, 4.69) is 10.3 Å². The first kappa shape index (κ1) is 17.0. The van der Waals surface area contributed by atoms with E-state index in [-0.39, 0.29) is 5.75 Å². The molecule has 0 amide bonds. The lowest BCUT2D eigenvalue weighted by molar-refractivity contribution is 0.415. The topological polar surface area (TPSA) is 68.3 Å². The molecule has 1 saturated carbocycles. The fourth-order valence-corrected chi connectivity index (χ4v) is 4.77. The Morgan fingerprint density at radius 3 is 2.71 bits per heavy atom. The molecule has 0 atom stereocenters. The van der Waals surface area contributed by atoms with Gasteiger partial charge in [0.2, 0.25) is 0 Å². The predicted molar refractivity (Wildman–Crippen MR) is 96.5 cm³/mol. The van der Waals surface area contributed by atoms with Gasteiger partial charge in [-0.25, -0.2) is 8.42 Å². The molecule has 24 heavy (non-hydrogen) atoms. The quantitative estimate of drug-likeness (QED) is 0.860. The number of ether oxygens (including phenoxy) is 1. The van der Waals surface area contributed by atoms with E-state index in [4.69, 9.17) is 4.74 Å². The number of hydrogen-bond donors (Lipinski definition) is 1. The van der Waals surface area contributed by atoms with Crippen LogP contribution in [-0.4, -0.2) is 32.3 Å². The molecule has 0 bridgehead atoms. The number of pyridine rings is 1. The first-order valence-corrected chi connectivity index (χ1v) is 10.2. The lowest BCUT2D eigenvalue weighted by atomic mass is 10.1. The summed E-state index contributed by atoms with van der Waals surface area (Å²) in [6.07, 6.45) is 6.59. The molecule has 1 aliphatic rings. The zero-order valence-corrected chi connectivity index (χ0v) is 15.0. The second kappa shape index (κ2) is 6.97. The number of nitrogens with zero attached hydrogens (tertiary/aromatic N) is 1. The standard InChI is InChI=1S/C18H24N2O3S/c1-3-10-24(21,22)17-12-19-16-9-8-14(23-2)11-15(16)18(17)20-13-6-4-5-7-13/h8-9,11-13H,3-7,10H2,1-2H3,(H,19,20). The third kappa shape index (κ3) is 3.34. The molecule has 0 saturated heterocycles. The summed E-state index contributed by atoms with van der Waals surface area (Å²) in [6, 6.07) is 5.89. The van der Waals surface area contributed by atoms with Crippen molar-refractivity contribution >= 4 is 26.4 Å². The summed E-state index contributed by atoms with van der Waals surface area (Å²) in [5, 5.41) is 4.30. The molecule has 1 fully saturated rings. The highest BCUT2D eigenvalue weighted by molar-refractivity contribution is 7.91. The molecular weight excluding hydrogens is 324 g/mol. The largest absolute Gasteiger partial charge is 0.497 e. The van der Waals surface area contributed by atoms with Crippen molar-refractivity contribution in [3.63, 3.8) is 0 Å². The minimum absolute atomic E-state index is 0.128. The second-order valence-electron chi connectivity index (χ2n) is 6.33. The summed E-state index contributed by atoms with van der Waals surface area (Å²) >= 11 is 0. The molecule has 0 spiro atoms. The van der Waals surface area contributed by atoms with Gasteiger partial charge in [0, 0.05) is 17.6 Å². The van der Waals surface area contributed by atoms with Crippen LogP contribution in [0.15, 0.2) is 29.3 Å². The first-order valence-electron chi connectivity index (χ1n) is 8.51. The Balaban J connectivity index is 2.18. The maximum absolute atomic E-state index is 12.7. The molecule has 1 N–H and O–H groups in total. The summed E-state index contributed by atoms with van der Waals surface area (Å²) in [5.41, 5.74) is 1.45. The van der Waals surface area contributed by atoms with E-state index in [1.54, 1.807) is 7.11 Å². The Labute approximate surface area is 143 Å². The Kier molecular flexibility index (Phi) is 4.94. The second-order valence-corrected chi connectivity index (χ2v) is 8.40. The van der Waals surface area contributed by atoms with E-state index in [0.29, 0.717) is 28.8 Å². The van der Waals surface area contributed by atoms with Crippen molar-refractivity contribution in [3.05, 3.63) is 24.4 Å². The smallest absolute Gasteiger partial charge is 0.181 e. The van der Waals surface area contributed by atoms with Crippen LogP contribution in [0.2, 0.25) is 0 Å². The highest BCUT2D eigenvalue weighted by Gasteiger charge is 2.24. The van der Waals surface area contributed by atoms with Crippen LogP contribution in [0.4, 0.5) is 5.69 Å². The molecule has 0 unspecified atom stereocenters. The predicted octanol–water partition coefficient (Wildman–Crippen LogP) is 3.78. The van der Waals surface area contributed by atoms with Gasteiger partial charge in [0.25, 0.3) is 0 Å². The average Bonchev–Trinajstić information content (AvgIpc) is 3.07. The van der Waals surface area contributed by atoms with Crippen LogP contribution in [0.3, 0.4) is 0 Å². The molecule has 5 nitrogen and oxygen atoms in total. The lowest BCUT2D eigenvalue weighted by Gasteiger charge is -2.19. The van der Waals surface area contributed by atoms with E-state index in [1.807, 2.05) is 25.1 Å². The molecule has 1 aliphatic carbocycles. The van der Waals surface area contributed by atoms with Crippen molar-refractivity contribution in [2.24, 2.45) is 0 Å². The number of rotatable bonds is 6. The van der Waals surface area contributed by atoms with Gasteiger partial charge in [0.1, 0.15) is 10.6 Å². The number of hydrogen-bond acceptors (Lipinski definition) is 5. The van der Waals surface area contributed by atoms with E-state index in [1.165, 1.54) is 19.0 Å². The summed E-state index contributed by atoms with van der Waals surface area (Å²) in [6.45, 7) is 1.87. The SMILES string of the molecule is CCCS(=O)(=O)c1cnc2ccc(OC)cc2c1NC1CCCC1. The maximum Gasteiger partial charge on any atom is 0.181 e. The average molecular weight is 348 g/mol. The van der Waals surface area contributed by atoms with E-state index in [9.17, 15) is 8.42 Å². The number of aromatic nitrogens is 1. The van der Waals surface area contributed by atoms with Crippen molar-refractivity contribution < 1.29 is 13.2 Å². The molecule has 0 aliphatic heterocycles. The Morgan fingerprint density at radius 1 is 1.29 bits per heavy atom. The van der Waals surface area contributed by atoms with Crippen LogP contribution in [0.25, 0.3) is 10.9 Å². The van der Waals surface area contributed by atoms with Crippen molar-refractivity contribution in [1.82, 2.24) is 4.98 Å². The zero-order chi connectivity index (χ0) is 17.2. The summed E-state index contributed by atoms with van der Waals surface area (Å²) in [4.78, 5) is 4.67. The van der Waals surface area contributed by atoms with Gasteiger partial charge in [-0.2, -0.15) is 0 Å². The van der Waals surface area contributed by atoms with Crippen molar-refractivity contribution in [3.8, 4) is 5.75 Å². The molecule has 1 aromatic carbocycles. The van der Waals surface area contributed by atoms with Gasteiger partial charge >= 0.3 is 0 Å². The Hall–Kier alpha value is -1.82. The zero-order valence-electron chi connectivity index (χ0n) is 14.2. The van der Waals surface area contributed by atoms with Gasteiger partial charge in [0.15, 0.2) is 9.84 Å². The third-order valence-electron chi connectivity index (χ3n) is 4.55. The van der Waals surface area contributed by atoms with Crippen LogP contribution < -0.4 is 10.1 Å². The molecule has 2 aromatic rings. The molecule has 130 valence electrons. The number of sulfone groups is 1. The third-order valence-corrected chi connectivity index (χ3v) is 6.48. The molecule has 3 rings (SSSR count). The van der Waals surface area contributed by atoms with Crippen LogP contribution >= 0.6 is 0 Å². The minimum atomic E-state index is -3.36. The minimum Gasteiger partial charge on any atom is -0.497 e. The number of fused-ring (bicyclic) bond motifs is 1. The fourth-order valence-electron chi connectivity index (χ4n) is 3.32. The summed E-state index contributed by atoms with van der Waals surface area (Å²) in [7, 11) is -1.75. The molecular formula is C18H24N2O3S. The normalized spacial score (nSPS) is 15.8. The lowest BCUT2D eigenvalue weighted by Crippen LogP contribution is -2.18. The van der Waals surface area contributed by atoms with Crippen LogP contribution in [0.5, 0.6) is 5.75 Å². The van der Waals surface area contributed by atoms with Crippen LogP contribution in [-0.2, 0) is 9.84 Å².